The minimum Gasteiger partial charge on any atom is -0.344 e. The van der Waals surface area contributed by atoms with Gasteiger partial charge < -0.3 is 5.32 Å². The smallest absolute Gasteiger partial charge is 0.253 e. The lowest BCUT2D eigenvalue weighted by atomic mass is 10.1. The van der Waals surface area contributed by atoms with Gasteiger partial charge in [0.1, 0.15) is 11.8 Å². The van der Waals surface area contributed by atoms with E-state index >= 15 is 0 Å². The number of nitriles is 1. The first-order valence-electron chi connectivity index (χ1n) is 6.30. The molecule has 0 radical (unpaired) electrons. The number of hydrogen-bond acceptors (Lipinski definition) is 4. The van der Waals surface area contributed by atoms with Crippen LogP contribution in [0.2, 0.25) is 0 Å². The zero-order valence-electron chi connectivity index (χ0n) is 11.4. The van der Waals surface area contributed by atoms with Gasteiger partial charge in [-0.15, -0.1) is 0 Å². The Morgan fingerprint density at radius 1 is 1.50 bits per heavy atom. The molecule has 1 atom stereocenters. The molecule has 0 aliphatic rings. The van der Waals surface area contributed by atoms with E-state index in [9.17, 15) is 4.79 Å². The van der Waals surface area contributed by atoms with Gasteiger partial charge in [0, 0.05) is 19.4 Å². The van der Waals surface area contributed by atoms with E-state index in [1.54, 1.807) is 16.9 Å². The summed E-state index contributed by atoms with van der Waals surface area (Å²) in [4.78, 5) is 16.0. The first-order chi connectivity index (χ1) is 9.65. The van der Waals surface area contributed by atoms with Crippen LogP contribution in [-0.4, -0.2) is 20.7 Å². The average molecular weight is 269 g/mol. The van der Waals surface area contributed by atoms with Crippen molar-refractivity contribution in [3.8, 4) is 6.07 Å². The van der Waals surface area contributed by atoms with Gasteiger partial charge in [0.05, 0.1) is 17.3 Å². The van der Waals surface area contributed by atoms with Crippen molar-refractivity contribution in [1.82, 2.24) is 20.1 Å². The van der Waals surface area contributed by atoms with E-state index in [0.717, 1.165) is 12.1 Å². The summed E-state index contributed by atoms with van der Waals surface area (Å²) >= 11 is 0. The predicted molar refractivity (Wildman–Crippen MR) is 72.7 cm³/mol. The Morgan fingerprint density at radius 3 is 2.80 bits per heavy atom. The quantitative estimate of drug-likeness (QED) is 0.913. The molecule has 0 fully saturated rings. The number of pyridine rings is 1. The fraction of sp³-hybridized carbons (Fsp3) is 0.286. The normalized spacial score (nSPS) is 11.7. The van der Waals surface area contributed by atoms with Crippen LogP contribution in [0.5, 0.6) is 0 Å². The summed E-state index contributed by atoms with van der Waals surface area (Å²) in [7, 11) is 1.84. The van der Waals surface area contributed by atoms with Gasteiger partial charge in [0.25, 0.3) is 5.91 Å². The second kappa shape index (κ2) is 5.97. The van der Waals surface area contributed by atoms with Crippen LogP contribution in [0, 0.1) is 11.3 Å². The SMILES string of the molecule is CC[C@@H](NC(=O)c1ccc(C#N)nc1)c1ccnn1C. The molecule has 0 aromatic carbocycles. The van der Waals surface area contributed by atoms with E-state index in [0.29, 0.717) is 11.3 Å². The monoisotopic (exact) mass is 269 g/mol. The molecule has 0 aliphatic carbocycles. The number of nitrogens with zero attached hydrogens (tertiary/aromatic N) is 4. The number of amides is 1. The maximum Gasteiger partial charge on any atom is 0.253 e. The van der Waals surface area contributed by atoms with Crippen molar-refractivity contribution < 1.29 is 4.79 Å². The van der Waals surface area contributed by atoms with Crippen LogP contribution in [-0.2, 0) is 7.05 Å². The van der Waals surface area contributed by atoms with Gasteiger partial charge in [0.2, 0.25) is 0 Å². The van der Waals surface area contributed by atoms with E-state index in [1.165, 1.54) is 12.3 Å². The molecule has 2 aromatic rings. The van der Waals surface area contributed by atoms with Crippen molar-refractivity contribution >= 4 is 5.91 Å². The van der Waals surface area contributed by atoms with Gasteiger partial charge in [-0.2, -0.15) is 10.4 Å². The molecule has 2 aromatic heterocycles. The van der Waals surface area contributed by atoms with Crippen LogP contribution in [0.1, 0.15) is 41.1 Å². The molecule has 1 amide bonds. The highest BCUT2D eigenvalue weighted by Gasteiger charge is 2.16. The lowest BCUT2D eigenvalue weighted by Gasteiger charge is -2.17. The molecule has 0 unspecified atom stereocenters. The number of aromatic nitrogens is 3. The molecule has 6 heteroatoms. The molecule has 0 spiro atoms. The predicted octanol–water partition coefficient (Wildman–Crippen LogP) is 1.57. The fourth-order valence-electron chi connectivity index (χ4n) is 1.95. The van der Waals surface area contributed by atoms with Crippen molar-refractivity contribution in [2.45, 2.75) is 19.4 Å². The third kappa shape index (κ3) is 2.83. The van der Waals surface area contributed by atoms with E-state index < -0.39 is 0 Å². The van der Waals surface area contributed by atoms with Crippen LogP contribution in [0.25, 0.3) is 0 Å². The first kappa shape index (κ1) is 13.7. The number of rotatable bonds is 4. The topological polar surface area (TPSA) is 83.6 Å². The van der Waals surface area contributed by atoms with Gasteiger partial charge in [-0.25, -0.2) is 4.98 Å². The number of nitrogens with one attached hydrogen (secondary N) is 1. The third-order valence-corrected chi connectivity index (χ3v) is 3.07. The molecule has 102 valence electrons. The largest absolute Gasteiger partial charge is 0.344 e. The number of aryl methyl sites for hydroxylation is 1. The first-order valence-corrected chi connectivity index (χ1v) is 6.30. The summed E-state index contributed by atoms with van der Waals surface area (Å²) in [6, 6.07) is 6.82. The Bertz CT molecular complexity index is 638. The number of hydrogen-bond donors (Lipinski definition) is 1. The van der Waals surface area contributed by atoms with E-state index in [2.05, 4.69) is 15.4 Å². The molecule has 0 saturated carbocycles. The zero-order valence-corrected chi connectivity index (χ0v) is 11.4. The maximum absolute atomic E-state index is 12.2. The summed E-state index contributed by atoms with van der Waals surface area (Å²) < 4.78 is 1.74. The summed E-state index contributed by atoms with van der Waals surface area (Å²) in [6.07, 6.45) is 3.87. The Morgan fingerprint density at radius 2 is 2.30 bits per heavy atom. The lowest BCUT2D eigenvalue weighted by molar-refractivity contribution is 0.0933. The Labute approximate surface area is 117 Å². The zero-order chi connectivity index (χ0) is 14.5. The maximum atomic E-state index is 12.2. The Hall–Kier alpha value is -2.68. The van der Waals surface area contributed by atoms with Crippen LogP contribution in [0.3, 0.4) is 0 Å². The molecule has 20 heavy (non-hydrogen) atoms. The molecule has 6 nitrogen and oxygen atoms in total. The standard InChI is InChI=1S/C14H15N5O/c1-3-12(13-6-7-17-19(13)2)18-14(20)10-4-5-11(8-15)16-9-10/h4-7,9,12H,3H2,1-2H3,(H,18,20)/t12-/m1/s1. The van der Waals surface area contributed by atoms with Crippen molar-refractivity contribution in [1.29, 1.82) is 5.26 Å². The second-order valence-corrected chi connectivity index (χ2v) is 4.36. The summed E-state index contributed by atoms with van der Waals surface area (Å²) in [5.74, 6) is -0.213. The average Bonchev–Trinajstić information content (AvgIpc) is 2.90. The summed E-state index contributed by atoms with van der Waals surface area (Å²) in [5.41, 5.74) is 1.67. The second-order valence-electron chi connectivity index (χ2n) is 4.36. The van der Waals surface area contributed by atoms with Crippen molar-refractivity contribution in [2.75, 3.05) is 0 Å². The van der Waals surface area contributed by atoms with Gasteiger partial charge in [-0.1, -0.05) is 6.92 Å². The van der Waals surface area contributed by atoms with Crippen LogP contribution in [0.15, 0.2) is 30.6 Å². The van der Waals surface area contributed by atoms with Crippen molar-refractivity contribution in [3.05, 3.63) is 47.5 Å². The Balaban J connectivity index is 2.13. The highest BCUT2D eigenvalue weighted by molar-refractivity contribution is 5.94. The summed E-state index contributed by atoms with van der Waals surface area (Å²) in [6.45, 7) is 2.00. The van der Waals surface area contributed by atoms with Gasteiger partial charge in [0.15, 0.2) is 0 Å². The lowest BCUT2D eigenvalue weighted by Crippen LogP contribution is -2.29. The molecule has 0 saturated heterocycles. The van der Waals surface area contributed by atoms with Crippen molar-refractivity contribution in [3.63, 3.8) is 0 Å². The van der Waals surface area contributed by atoms with E-state index in [-0.39, 0.29) is 11.9 Å². The van der Waals surface area contributed by atoms with E-state index in [4.69, 9.17) is 5.26 Å². The number of carbonyl (C=O) groups is 1. The summed E-state index contributed by atoms with van der Waals surface area (Å²) in [5, 5.41) is 15.7. The fourth-order valence-corrected chi connectivity index (χ4v) is 1.95. The third-order valence-electron chi connectivity index (χ3n) is 3.07. The van der Waals surface area contributed by atoms with Gasteiger partial charge in [-0.05, 0) is 24.6 Å². The molecule has 0 bridgehead atoms. The molecule has 2 heterocycles. The highest BCUT2D eigenvalue weighted by atomic mass is 16.1. The minimum absolute atomic E-state index is 0.106. The highest BCUT2D eigenvalue weighted by Crippen LogP contribution is 2.16. The van der Waals surface area contributed by atoms with Crippen LogP contribution < -0.4 is 5.32 Å². The van der Waals surface area contributed by atoms with Crippen LogP contribution in [0.4, 0.5) is 0 Å². The molecule has 0 aliphatic heterocycles. The number of carbonyl (C=O) groups excluding carboxylic acids is 1. The van der Waals surface area contributed by atoms with Gasteiger partial charge >= 0.3 is 0 Å². The van der Waals surface area contributed by atoms with Gasteiger partial charge in [-0.3, -0.25) is 9.48 Å². The Kier molecular flexibility index (Phi) is 4.11. The molecular weight excluding hydrogens is 254 g/mol. The minimum atomic E-state index is -0.213. The molecule has 1 N–H and O–H groups in total. The van der Waals surface area contributed by atoms with E-state index in [1.807, 2.05) is 26.1 Å². The molecule has 2 rings (SSSR count). The molecular formula is C14H15N5O. The van der Waals surface area contributed by atoms with Crippen molar-refractivity contribution in [2.24, 2.45) is 7.05 Å². The van der Waals surface area contributed by atoms with Crippen LogP contribution >= 0.6 is 0 Å².